The number of hydrogen-bond donors (Lipinski definition) is 0. The van der Waals surface area contributed by atoms with Gasteiger partial charge in [0.05, 0.1) is 39.3 Å². The van der Waals surface area contributed by atoms with E-state index in [1.807, 2.05) is 43.3 Å². The zero-order valence-electron chi connectivity index (χ0n) is 22.0. The summed E-state index contributed by atoms with van der Waals surface area (Å²) in [6.07, 6.45) is 0. The third-order valence-electron chi connectivity index (χ3n) is 5.62. The van der Waals surface area contributed by atoms with Crippen LogP contribution in [-0.4, -0.2) is 64.6 Å². The minimum Gasteiger partial charge on any atom is -0.496 e. The minimum atomic E-state index is -0.765. The summed E-state index contributed by atoms with van der Waals surface area (Å²) >= 11 is 0. The van der Waals surface area contributed by atoms with E-state index in [1.165, 1.54) is 7.11 Å². The van der Waals surface area contributed by atoms with Crippen LogP contribution in [0.2, 0.25) is 0 Å². The third kappa shape index (κ3) is 6.16. The van der Waals surface area contributed by atoms with Gasteiger partial charge >= 0.3 is 6.48 Å². The van der Waals surface area contributed by atoms with E-state index in [4.69, 9.17) is 38.4 Å². The number of rotatable bonds is 13. The molecule has 0 spiro atoms. The molecule has 0 bridgehead atoms. The molecule has 9 heteroatoms. The lowest BCUT2D eigenvalue weighted by Crippen LogP contribution is -2.24. The van der Waals surface area contributed by atoms with Gasteiger partial charge in [0, 0.05) is 37.4 Å². The zero-order valence-corrected chi connectivity index (χ0v) is 22.0. The van der Waals surface area contributed by atoms with E-state index in [0.29, 0.717) is 41.2 Å². The Hall–Kier alpha value is -3.56. The van der Waals surface area contributed by atoms with Crippen molar-refractivity contribution in [1.29, 1.82) is 0 Å². The topological polar surface area (TPSA) is 84.4 Å². The Balaban J connectivity index is 2.09. The van der Waals surface area contributed by atoms with Gasteiger partial charge in [0.2, 0.25) is 5.95 Å². The maximum absolute atomic E-state index is 5.73. The molecule has 0 fully saturated rings. The highest BCUT2D eigenvalue weighted by atomic mass is 16.8. The fourth-order valence-electron chi connectivity index (χ4n) is 3.70. The van der Waals surface area contributed by atoms with Crippen LogP contribution in [0, 0.1) is 0 Å². The van der Waals surface area contributed by atoms with E-state index in [-0.39, 0.29) is 0 Å². The Kier molecular flexibility index (Phi) is 9.72. The molecule has 3 aromatic rings. The molecule has 0 aliphatic heterocycles. The lowest BCUT2D eigenvalue weighted by atomic mass is 10.1. The van der Waals surface area contributed by atoms with Crippen LogP contribution in [0.3, 0.4) is 0 Å². The third-order valence-corrected chi connectivity index (χ3v) is 5.62. The molecule has 36 heavy (non-hydrogen) atoms. The molecular weight excluding hydrogens is 462 g/mol. The predicted molar refractivity (Wildman–Crippen MR) is 139 cm³/mol. The lowest BCUT2D eigenvalue weighted by Gasteiger charge is -2.21. The normalized spacial score (nSPS) is 11.6. The Labute approximate surface area is 212 Å². The number of benzene rings is 2. The summed E-state index contributed by atoms with van der Waals surface area (Å²) in [6.45, 7) is 7.29. The van der Waals surface area contributed by atoms with Crippen LogP contribution < -0.4 is 23.8 Å². The van der Waals surface area contributed by atoms with Gasteiger partial charge in [-0.3, -0.25) is 0 Å². The van der Waals surface area contributed by atoms with Gasteiger partial charge < -0.3 is 33.3 Å². The first-order chi connectivity index (χ1) is 17.5. The molecule has 0 radical (unpaired) electrons. The van der Waals surface area contributed by atoms with Crippen LogP contribution in [-0.2, 0) is 9.47 Å². The number of nitrogens with zero attached hydrogens (tertiary/aromatic N) is 3. The van der Waals surface area contributed by atoms with Crippen LogP contribution in [0.25, 0.3) is 22.5 Å². The van der Waals surface area contributed by atoms with Crippen molar-refractivity contribution in [3.05, 3.63) is 42.5 Å². The molecule has 1 unspecified atom stereocenters. The van der Waals surface area contributed by atoms with E-state index in [2.05, 4.69) is 18.7 Å². The summed E-state index contributed by atoms with van der Waals surface area (Å²) in [6, 6.07) is 13.2. The van der Waals surface area contributed by atoms with Crippen molar-refractivity contribution in [2.75, 3.05) is 53.0 Å². The molecule has 3 rings (SSSR count). The molecule has 2 aromatic carbocycles. The Morgan fingerprint density at radius 2 is 1.36 bits per heavy atom. The average Bonchev–Trinajstić information content (AvgIpc) is 2.92. The average molecular weight is 498 g/mol. The van der Waals surface area contributed by atoms with Gasteiger partial charge in [0.1, 0.15) is 11.5 Å². The molecule has 0 aliphatic carbocycles. The van der Waals surface area contributed by atoms with E-state index >= 15 is 0 Å². The van der Waals surface area contributed by atoms with Crippen molar-refractivity contribution in [2.24, 2.45) is 0 Å². The fourth-order valence-corrected chi connectivity index (χ4v) is 3.70. The molecule has 9 nitrogen and oxygen atoms in total. The molecule has 0 aliphatic rings. The number of hydrogen-bond acceptors (Lipinski definition) is 9. The van der Waals surface area contributed by atoms with Crippen LogP contribution in [0.1, 0.15) is 20.8 Å². The molecule has 194 valence electrons. The van der Waals surface area contributed by atoms with Crippen LogP contribution in [0.5, 0.6) is 23.0 Å². The van der Waals surface area contributed by atoms with Crippen molar-refractivity contribution in [2.45, 2.75) is 27.2 Å². The molecule has 1 atom stereocenters. The fraction of sp³-hybridized carbons (Fsp3) is 0.407. The SMILES string of the molecule is CCOC(OC)Oc1ccc(-c2cc(-c3cc(OC)c(OC)cc3OC)nc(N(CC)CC)n2)cc1. The Morgan fingerprint density at radius 1 is 0.750 bits per heavy atom. The van der Waals surface area contributed by atoms with Gasteiger partial charge in [0.25, 0.3) is 0 Å². The van der Waals surface area contributed by atoms with E-state index in [1.54, 1.807) is 27.4 Å². The summed E-state index contributed by atoms with van der Waals surface area (Å²) in [4.78, 5) is 11.8. The highest BCUT2D eigenvalue weighted by Gasteiger charge is 2.18. The molecular formula is C27H35N3O6. The number of aromatic nitrogens is 2. The van der Waals surface area contributed by atoms with Gasteiger partial charge in [-0.1, -0.05) is 0 Å². The number of ether oxygens (including phenoxy) is 6. The predicted octanol–water partition coefficient (Wildman–Crippen LogP) is 5.03. The summed E-state index contributed by atoms with van der Waals surface area (Å²) in [5.41, 5.74) is 3.14. The molecule has 0 amide bonds. The number of anilines is 1. The van der Waals surface area contributed by atoms with Gasteiger partial charge in [-0.2, -0.15) is 0 Å². The van der Waals surface area contributed by atoms with Gasteiger partial charge in [-0.25, -0.2) is 9.97 Å². The van der Waals surface area contributed by atoms with Crippen molar-refractivity contribution < 1.29 is 28.4 Å². The summed E-state index contributed by atoms with van der Waals surface area (Å²) < 4.78 is 33.0. The standard InChI is InChI=1S/C27H35N3O6/c1-8-30(9-2)26-28-21(18-11-13-19(14-12-18)36-27(34-7)35-10-3)16-22(29-26)20-15-24(32-5)25(33-6)17-23(20)31-4/h11-17,27H,8-10H2,1-7H3. The first kappa shape index (κ1) is 27.0. The largest absolute Gasteiger partial charge is 0.496 e. The van der Waals surface area contributed by atoms with Gasteiger partial charge in [-0.05, 0) is 57.2 Å². The minimum absolute atomic E-state index is 0.480. The maximum Gasteiger partial charge on any atom is 0.315 e. The van der Waals surface area contributed by atoms with Crippen LogP contribution in [0.4, 0.5) is 5.95 Å². The smallest absolute Gasteiger partial charge is 0.315 e. The molecule has 1 aromatic heterocycles. The van der Waals surface area contributed by atoms with Crippen molar-refractivity contribution in [1.82, 2.24) is 9.97 Å². The highest BCUT2D eigenvalue weighted by molar-refractivity contribution is 5.76. The first-order valence-electron chi connectivity index (χ1n) is 11.9. The molecule has 0 N–H and O–H groups in total. The van der Waals surface area contributed by atoms with Crippen LogP contribution >= 0.6 is 0 Å². The van der Waals surface area contributed by atoms with E-state index in [0.717, 1.165) is 29.9 Å². The van der Waals surface area contributed by atoms with Crippen LogP contribution in [0.15, 0.2) is 42.5 Å². The molecule has 0 saturated carbocycles. The first-order valence-corrected chi connectivity index (χ1v) is 11.9. The highest BCUT2D eigenvalue weighted by Crippen LogP contribution is 2.40. The maximum atomic E-state index is 5.73. The Bertz CT molecular complexity index is 1120. The monoisotopic (exact) mass is 497 g/mol. The summed E-state index contributed by atoms with van der Waals surface area (Å²) in [5.74, 6) is 3.03. The lowest BCUT2D eigenvalue weighted by molar-refractivity contribution is -0.231. The van der Waals surface area contributed by atoms with Gasteiger partial charge in [0.15, 0.2) is 11.5 Å². The van der Waals surface area contributed by atoms with E-state index in [9.17, 15) is 0 Å². The molecule has 0 saturated heterocycles. The summed E-state index contributed by atoms with van der Waals surface area (Å²) in [5, 5.41) is 0. The Morgan fingerprint density at radius 3 is 1.92 bits per heavy atom. The van der Waals surface area contributed by atoms with Crippen molar-refractivity contribution >= 4 is 5.95 Å². The zero-order chi connectivity index (χ0) is 26.1. The van der Waals surface area contributed by atoms with Crippen molar-refractivity contribution in [3.63, 3.8) is 0 Å². The second-order valence-corrected chi connectivity index (χ2v) is 7.64. The summed E-state index contributed by atoms with van der Waals surface area (Å²) in [7, 11) is 6.35. The second-order valence-electron chi connectivity index (χ2n) is 7.64. The van der Waals surface area contributed by atoms with E-state index < -0.39 is 6.48 Å². The number of methoxy groups -OCH3 is 4. The van der Waals surface area contributed by atoms with Crippen molar-refractivity contribution in [3.8, 4) is 45.5 Å². The van der Waals surface area contributed by atoms with Gasteiger partial charge in [-0.15, -0.1) is 0 Å². The molecule has 1 heterocycles. The quantitative estimate of drug-likeness (QED) is 0.302. The second kappa shape index (κ2) is 12.9.